The van der Waals surface area contributed by atoms with Gasteiger partial charge in [-0.25, -0.2) is 9.97 Å². The molecule has 1 amide bonds. The number of nitrogens with one attached hydrogen (secondary N) is 1. The van der Waals surface area contributed by atoms with Crippen LogP contribution in [-0.4, -0.2) is 59.8 Å². The molecule has 0 saturated heterocycles. The molecule has 0 aliphatic heterocycles. The van der Waals surface area contributed by atoms with Gasteiger partial charge in [-0.05, 0) is 33.5 Å². The Hall–Kier alpha value is -1.83. The van der Waals surface area contributed by atoms with Crippen LogP contribution in [0, 0.1) is 0 Å². The van der Waals surface area contributed by atoms with Gasteiger partial charge in [0.25, 0.3) is 0 Å². The average molecular weight is 422 g/mol. The minimum atomic E-state index is -0.0427. The topological polar surface area (TPSA) is 61.4 Å². The van der Waals surface area contributed by atoms with Crippen molar-refractivity contribution in [1.29, 1.82) is 0 Å². The van der Waals surface area contributed by atoms with Crippen LogP contribution < -0.4 is 10.2 Å². The molecule has 0 spiro atoms. The van der Waals surface area contributed by atoms with Gasteiger partial charge in [-0.2, -0.15) is 0 Å². The number of hydrogen-bond acceptors (Lipinski definition) is 6. The SMILES string of the molecule is CC(C)NC(=O)CSc1nc(Cl)cc(N(CCN(C)C)Cc2ccccc2)n1. The summed E-state index contributed by atoms with van der Waals surface area (Å²) < 4.78 is 0. The van der Waals surface area contributed by atoms with Crippen LogP contribution in [-0.2, 0) is 11.3 Å². The van der Waals surface area contributed by atoms with E-state index in [4.69, 9.17) is 11.6 Å². The van der Waals surface area contributed by atoms with E-state index in [1.165, 1.54) is 17.3 Å². The summed E-state index contributed by atoms with van der Waals surface area (Å²) >= 11 is 7.55. The summed E-state index contributed by atoms with van der Waals surface area (Å²) in [5.41, 5.74) is 1.20. The molecule has 1 aromatic heterocycles. The first-order chi connectivity index (χ1) is 13.3. The summed E-state index contributed by atoms with van der Waals surface area (Å²) in [5, 5.41) is 3.74. The Kier molecular flexibility index (Phi) is 9.02. The molecule has 0 aliphatic rings. The van der Waals surface area contributed by atoms with Crippen molar-refractivity contribution in [2.24, 2.45) is 0 Å². The Bertz CT molecular complexity index is 758. The molecule has 1 N–H and O–H groups in total. The van der Waals surface area contributed by atoms with E-state index in [2.05, 4.69) is 37.2 Å². The summed E-state index contributed by atoms with van der Waals surface area (Å²) in [5.74, 6) is 0.977. The molecule has 152 valence electrons. The molecule has 0 unspecified atom stereocenters. The number of aromatic nitrogens is 2. The molecule has 0 radical (unpaired) electrons. The van der Waals surface area contributed by atoms with Crippen LogP contribution in [0.2, 0.25) is 5.15 Å². The molecular formula is C20H28ClN5OS. The predicted molar refractivity (Wildman–Crippen MR) is 117 cm³/mol. The van der Waals surface area contributed by atoms with E-state index >= 15 is 0 Å². The van der Waals surface area contributed by atoms with E-state index in [-0.39, 0.29) is 17.7 Å². The molecule has 0 aliphatic carbocycles. The summed E-state index contributed by atoms with van der Waals surface area (Å²) in [7, 11) is 4.09. The fourth-order valence-electron chi connectivity index (χ4n) is 2.50. The van der Waals surface area contributed by atoms with E-state index in [1.807, 2.05) is 46.1 Å². The first-order valence-electron chi connectivity index (χ1n) is 9.24. The van der Waals surface area contributed by atoms with Crippen LogP contribution in [0.15, 0.2) is 41.6 Å². The monoisotopic (exact) mass is 421 g/mol. The Morgan fingerprint density at radius 3 is 2.54 bits per heavy atom. The lowest BCUT2D eigenvalue weighted by Crippen LogP contribution is -2.32. The molecule has 28 heavy (non-hydrogen) atoms. The zero-order valence-electron chi connectivity index (χ0n) is 16.9. The van der Waals surface area contributed by atoms with E-state index in [9.17, 15) is 4.79 Å². The standard InChI is InChI=1S/C20H28ClN5OS/c1-15(2)22-19(27)14-28-20-23-17(21)12-18(24-20)26(11-10-25(3)4)13-16-8-6-5-7-9-16/h5-9,12,15H,10-11,13-14H2,1-4H3,(H,22,27). The second-order valence-corrected chi connectivity index (χ2v) is 8.38. The number of carbonyl (C=O) groups excluding carboxylic acids is 1. The fourth-order valence-corrected chi connectivity index (χ4v) is 3.40. The predicted octanol–water partition coefficient (Wildman–Crippen LogP) is 3.31. The zero-order valence-corrected chi connectivity index (χ0v) is 18.4. The van der Waals surface area contributed by atoms with Crippen LogP contribution in [0.25, 0.3) is 0 Å². The zero-order chi connectivity index (χ0) is 20.5. The smallest absolute Gasteiger partial charge is 0.230 e. The molecule has 1 aromatic carbocycles. The number of halogens is 1. The lowest BCUT2D eigenvalue weighted by Gasteiger charge is -2.26. The van der Waals surface area contributed by atoms with Gasteiger partial charge in [0.15, 0.2) is 5.16 Å². The maximum absolute atomic E-state index is 11.9. The molecule has 0 fully saturated rings. The minimum Gasteiger partial charge on any atom is -0.353 e. The molecule has 2 rings (SSSR count). The highest BCUT2D eigenvalue weighted by atomic mass is 35.5. The van der Waals surface area contributed by atoms with Crippen molar-refractivity contribution in [1.82, 2.24) is 20.2 Å². The van der Waals surface area contributed by atoms with Gasteiger partial charge in [0.2, 0.25) is 5.91 Å². The van der Waals surface area contributed by atoms with E-state index in [0.29, 0.717) is 10.3 Å². The van der Waals surface area contributed by atoms with Gasteiger partial charge < -0.3 is 15.1 Å². The minimum absolute atomic E-state index is 0.0427. The lowest BCUT2D eigenvalue weighted by atomic mass is 10.2. The molecule has 2 aromatic rings. The lowest BCUT2D eigenvalue weighted by molar-refractivity contribution is -0.119. The van der Waals surface area contributed by atoms with Crippen LogP contribution in [0.1, 0.15) is 19.4 Å². The molecular weight excluding hydrogens is 394 g/mol. The van der Waals surface area contributed by atoms with Gasteiger partial charge in [-0.1, -0.05) is 53.7 Å². The molecule has 6 nitrogen and oxygen atoms in total. The van der Waals surface area contributed by atoms with Crippen molar-refractivity contribution in [3.63, 3.8) is 0 Å². The van der Waals surface area contributed by atoms with Crippen LogP contribution in [0.3, 0.4) is 0 Å². The van der Waals surface area contributed by atoms with Crippen molar-refractivity contribution in [2.45, 2.75) is 31.6 Å². The van der Waals surface area contributed by atoms with Crippen LogP contribution >= 0.6 is 23.4 Å². The summed E-state index contributed by atoms with van der Waals surface area (Å²) in [6, 6.07) is 12.1. The quantitative estimate of drug-likeness (QED) is 0.361. The van der Waals surface area contributed by atoms with Crippen molar-refractivity contribution in [3.8, 4) is 0 Å². The van der Waals surface area contributed by atoms with Crippen molar-refractivity contribution in [2.75, 3.05) is 37.8 Å². The number of rotatable bonds is 10. The molecule has 0 atom stereocenters. The Morgan fingerprint density at radius 1 is 1.18 bits per heavy atom. The fraction of sp³-hybridized carbons (Fsp3) is 0.450. The Labute approximate surface area is 176 Å². The highest BCUT2D eigenvalue weighted by Crippen LogP contribution is 2.23. The van der Waals surface area contributed by atoms with E-state index in [1.54, 1.807) is 6.07 Å². The maximum atomic E-state index is 11.9. The van der Waals surface area contributed by atoms with Crippen molar-refractivity contribution >= 4 is 35.1 Å². The first kappa shape index (κ1) is 22.5. The normalized spacial score (nSPS) is 11.1. The van der Waals surface area contributed by atoms with Crippen molar-refractivity contribution < 1.29 is 4.79 Å². The van der Waals surface area contributed by atoms with Crippen molar-refractivity contribution in [3.05, 3.63) is 47.1 Å². The third kappa shape index (κ3) is 8.04. The highest BCUT2D eigenvalue weighted by molar-refractivity contribution is 7.99. The maximum Gasteiger partial charge on any atom is 0.230 e. The summed E-state index contributed by atoms with van der Waals surface area (Å²) in [4.78, 5) is 25.1. The molecule has 0 bridgehead atoms. The number of thioether (sulfide) groups is 1. The Balaban J connectivity index is 2.16. The number of amides is 1. The van der Waals surface area contributed by atoms with Gasteiger partial charge in [-0.15, -0.1) is 0 Å². The summed E-state index contributed by atoms with van der Waals surface area (Å²) in [6.45, 7) is 6.27. The number of benzene rings is 1. The third-order valence-electron chi connectivity index (χ3n) is 3.80. The second kappa shape index (κ2) is 11.2. The van der Waals surface area contributed by atoms with E-state index in [0.717, 1.165) is 25.5 Å². The number of likely N-dealkylation sites (N-methyl/N-ethyl adjacent to an activating group) is 1. The van der Waals surface area contributed by atoms with Gasteiger partial charge in [-0.3, -0.25) is 4.79 Å². The van der Waals surface area contributed by atoms with Crippen LogP contribution in [0.4, 0.5) is 5.82 Å². The van der Waals surface area contributed by atoms with Crippen LogP contribution in [0.5, 0.6) is 0 Å². The van der Waals surface area contributed by atoms with E-state index < -0.39 is 0 Å². The van der Waals surface area contributed by atoms with Gasteiger partial charge in [0.05, 0.1) is 5.75 Å². The molecule has 0 saturated carbocycles. The number of nitrogens with zero attached hydrogens (tertiary/aromatic N) is 4. The highest BCUT2D eigenvalue weighted by Gasteiger charge is 2.14. The third-order valence-corrected chi connectivity index (χ3v) is 4.84. The Morgan fingerprint density at radius 2 is 1.89 bits per heavy atom. The second-order valence-electron chi connectivity index (χ2n) is 7.05. The average Bonchev–Trinajstić information content (AvgIpc) is 2.63. The van der Waals surface area contributed by atoms with Gasteiger partial charge in [0, 0.05) is 31.7 Å². The first-order valence-corrected chi connectivity index (χ1v) is 10.6. The van der Waals surface area contributed by atoms with Gasteiger partial charge >= 0.3 is 0 Å². The number of hydrogen-bond donors (Lipinski definition) is 1. The molecule has 1 heterocycles. The molecule has 8 heteroatoms. The largest absolute Gasteiger partial charge is 0.353 e. The number of anilines is 1. The number of carbonyl (C=O) groups is 1. The summed E-state index contributed by atoms with van der Waals surface area (Å²) in [6.07, 6.45) is 0. The van der Waals surface area contributed by atoms with Gasteiger partial charge in [0.1, 0.15) is 11.0 Å².